The molecule has 2 aromatic rings. The first kappa shape index (κ1) is 12.9. The van der Waals surface area contributed by atoms with E-state index < -0.39 is 0 Å². The van der Waals surface area contributed by atoms with E-state index in [4.69, 9.17) is 0 Å². The van der Waals surface area contributed by atoms with Crippen molar-refractivity contribution in [3.8, 4) is 0 Å². The van der Waals surface area contributed by atoms with E-state index in [1.807, 2.05) is 42.4 Å². The summed E-state index contributed by atoms with van der Waals surface area (Å²) in [6.07, 6.45) is 6.54. The third-order valence-corrected chi connectivity index (χ3v) is 5.14. The number of nitrogens with zero attached hydrogens (tertiary/aromatic N) is 1. The van der Waals surface area contributed by atoms with Gasteiger partial charge >= 0.3 is 0 Å². The smallest absolute Gasteiger partial charge is 0.256 e. The van der Waals surface area contributed by atoms with Crippen LogP contribution >= 0.6 is 0 Å². The van der Waals surface area contributed by atoms with Gasteiger partial charge in [-0.2, -0.15) is 0 Å². The van der Waals surface area contributed by atoms with Crippen molar-refractivity contribution in [2.75, 3.05) is 7.05 Å². The van der Waals surface area contributed by atoms with Gasteiger partial charge < -0.3 is 15.2 Å². The van der Waals surface area contributed by atoms with Crippen LogP contribution in [-0.4, -0.2) is 41.0 Å². The number of hydrogen-bond acceptors (Lipinski definition) is 2. The van der Waals surface area contributed by atoms with E-state index in [1.165, 1.54) is 12.8 Å². The van der Waals surface area contributed by atoms with Gasteiger partial charge in [-0.05, 0) is 31.7 Å². The lowest BCUT2D eigenvalue weighted by molar-refractivity contribution is 0.0684. The molecule has 3 heterocycles. The van der Waals surface area contributed by atoms with Crippen LogP contribution in [0.3, 0.4) is 0 Å². The molecule has 2 unspecified atom stereocenters. The summed E-state index contributed by atoms with van der Waals surface area (Å²) < 4.78 is 0. The molecular formula is C17H21N3O. The van der Waals surface area contributed by atoms with Gasteiger partial charge in [0.05, 0.1) is 5.56 Å². The van der Waals surface area contributed by atoms with Gasteiger partial charge in [-0.3, -0.25) is 4.79 Å². The highest BCUT2D eigenvalue weighted by Gasteiger charge is 2.36. The van der Waals surface area contributed by atoms with Crippen LogP contribution in [-0.2, 0) is 0 Å². The maximum Gasteiger partial charge on any atom is 0.256 e. The lowest BCUT2D eigenvalue weighted by Gasteiger charge is -2.35. The van der Waals surface area contributed by atoms with Crippen molar-refractivity contribution in [1.82, 2.24) is 15.2 Å². The lowest BCUT2D eigenvalue weighted by atomic mass is 9.98. The highest BCUT2D eigenvalue weighted by Crippen LogP contribution is 2.30. The molecule has 2 bridgehead atoms. The van der Waals surface area contributed by atoms with E-state index >= 15 is 0 Å². The molecule has 1 aromatic heterocycles. The highest BCUT2D eigenvalue weighted by atomic mass is 16.2. The zero-order chi connectivity index (χ0) is 14.4. The molecule has 4 nitrogen and oxygen atoms in total. The fraction of sp³-hybridized carbons (Fsp3) is 0.471. The summed E-state index contributed by atoms with van der Waals surface area (Å²) in [6, 6.07) is 9.57. The van der Waals surface area contributed by atoms with Gasteiger partial charge in [0.1, 0.15) is 0 Å². The largest absolute Gasteiger partial charge is 0.360 e. The molecule has 2 saturated heterocycles. The van der Waals surface area contributed by atoms with Crippen molar-refractivity contribution in [3.63, 3.8) is 0 Å². The molecule has 0 radical (unpaired) electrons. The van der Waals surface area contributed by atoms with Crippen LogP contribution in [0, 0.1) is 0 Å². The molecule has 0 spiro atoms. The molecule has 1 aromatic carbocycles. The van der Waals surface area contributed by atoms with Crippen LogP contribution in [0.1, 0.15) is 36.0 Å². The first-order valence-corrected chi connectivity index (χ1v) is 7.81. The highest BCUT2D eigenvalue weighted by molar-refractivity contribution is 6.06. The molecule has 4 heteroatoms. The lowest BCUT2D eigenvalue weighted by Crippen LogP contribution is -2.48. The van der Waals surface area contributed by atoms with Crippen LogP contribution in [0.5, 0.6) is 0 Å². The van der Waals surface area contributed by atoms with E-state index in [1.54, 1.807) is 0 Å². The Morgan fingerprint density at radius 1 is 1.19 bits per heavy atom. The summed E-state index contributed by atoms with van der Waals surface area (Å²) in [6.45, 7) is 0. The van der Waals surface area contributed by atoms with Crippen molar-refractivity contribution in [3.05, 3.63) is 36.0 Å². The van der Waals surface area contributed by atoms with Crippen molar-refractivity contribution >= 4 is 16.8 Å². The number of carbonyl (C=O) groups excluding carboxylic acids is 1. The average Bonchev–Trinajstić information content (AvgIpc) is 3.09. The van der Waals surface area contributed by atoms with E-state index in [2.05, 4.69) is 10.3 Å². The standard InChI is InChI=1S/C17H21N3O/c1-20(13-8-11-6-7-12(9-13)19-11)17(21)15-10-18-16-5-3-2-4-14(15)16/h2-5,10-13,18-19H,6-9H2,1H3. The van der Waals surface area contributed by atoms with Gasteiger partial charge in [0.15, 0.2) is 0 Å². The zero-order valence-corrected chi connectivity index (χ0v) is 12.3. The second-order valence-corrected chi connectivity index (χ2v) is 6.43. The van der Waals surface area contributed by atoms with Gasteiger partial charge in [-0.1, -0.05) is 18.2 Å². The summed E-state index contributed by atoms with van der Waals surface area (Å²) in [7, 11) is 1.96. The minimum atomic E-state index is 0.138. The monoisotopic (exact) mass is 283 g/mol. The second-order valence-electron chi connectivity index (χ2n) is 6.43. The number of rotatable bonds is 2. The van der Waals surface area contributed by atoms with Crippen molar-refractivity contribution in [2.45, 2.75) is 43.8 Å². The maximum atomic E-state index is 12.8. The summed E-state index contributed by atoms with van der Waals surface area (Å²) in [5, 5.41) is 4.65. The van der Waals surface area contributed by atoms with E-state index in [9.17, 15) is 4.79 Å². The summed E-state index contributed by atoms with van der Waals surface area (Å²) >= 11 is 0. The molecule has 4 rings (SSSR count). The minimum absolute atomic E-state index is 0.138. The third kappa shape index (κ3) is 2.14. The van der Waals surface area contributed by atoms with Crippen LogP contribution < -0.4 is 5.32 Å². The summed E-state index contributed by atoms with van der Waals surface area (Å²) in [5.74, 6) is 0.138. The molecule has 2 atom stereocenters. The predicted molar refractivity (Wildman–Crippen MR) is 83.4 cm³/mol. The number of para-hydroxylation sites is 1. The van der Waals surface area contributed by atoms with Crippen molar-refractivity contribution in [1.29, 1.82) is 0 Å². The maximum absolute atomic E-state index is 12.8. The van der Waals surface area contributed by atoms with Crippen LogP contribution in [0.2, 0.25) is 0 Å². The SMILES string of the molecule is CN(C(=O)c1c[nH]c2ccccc12)C1CC2CCC(C1)N2. The number of piperidine rings is 1. The van der Waals surface area contributed by atoms with Crippen LogP contribution in [0.15, 0.2) is 30.5 Å². The van der Waals surface area contributed by atoms with Crippen LogP contribution in [0.25, 0.3) is 10.9 Å². The fourth-order valence-electron chi connectivity index (χ4n) is 3.95. The van der Waals surface area contributed by atoms with Crippen molar-refractivity contribution in [2.24, 2.45) is 0 Å². The Bertz CT molecular complexity index is 665. The molecule has 21 heavy (non-hydrogen) atoms. The van der Waals surface area contributed by atoms with E-state index in [-0.39, 0.29) is 5.91 Å². The molecule has 110 valence electrons. The van der Waals surface area contributed by atoms with E-state index in [0.29, 0.717) is 18.1 Å². The topological polar surface area (TPSA) is 48.1 Å². The number of aromatic nitrogens is 1. The first-order chi connectivity index (χ1) is 10.2. The van der Waals surface area contributed by atoms with Gasteiger partial charge in [0, 0.05) is 42.3 Å². The van der Waals surface area contributed by atoms with Gasteiger partial charge in [-0.25, -0.2) is 0 Å². The summed E-state index contributed by atoms with van der Waals surface area (Å²) in [4.78, 5) is 18.0. The second kappa shape index (κ2) is 4.88. The summed E-state index contributed by atoms with van der Waals surface area (Å²) in [5.41, 5.74) is 1.82. The van der Waals surface area contributed by atoms with Crippen LogP contribution in [0.4, 0.5) is 0 Å². The number of carbonyl (C=O) groups is 1. The van der Waals surface area contributed by atoms with Gasteiger partial charge in [-0.15, -0.1) is 0 Å². The molecule has 2 aliphatic heterocycles. The Morgan fingerprint density at radius 3 is 2.67 bits per heavy atom. The number of H-pyrrole nitrogens is 1. The zero-order valence-electron chi connectivity index (χ0n) is 12.3. The molecule has 2 N–H and O–H groups in total. The molecule has 1 amide bonds. The quantitative estimate of drug-likeness (QED) is 0.889. The molecule has 2 fully saturated rings. The average molecular weight is 283 g/mol. The molecule has 0 aliphatic carbocycles. The number of amides is 1. The molecular weight excluding hydrogens is 262 g/mol. The van der Waals surface area contributed by atoms with E-state index in [0.717, 1.165) is 29.3 Å². The molecule has 0 saturated carbocycles. The Balaban J connectivity index is 1.59. The predicted octanol–water partition coefficient (Wildman–Crippen LogP) is 2.52. The minimum Gasteiger partial charge on any atom is -0.360 e. The third-order valence-electron chi connectivity index (χ3n) is 5.14. The van der Waals surface area contributed by atoms with Crippen molar-refractivity contribution < 1.29 is 4.79 Å². The number of nitrogens with one attached hydrogen (secondary N) is 2. The Hall–Kier alpha value is -1.81. The Labute approximate surface area is 124 Å². The molecule has 2 aliphatic rings. The fourth-order valence-corrected chi connectivity index (χ4v) is 3.95. The number of aromatic amines is 1. The first-order valence-electron chi connectivity index (χ1n) is 7.81. The van der Waals surface area contributed by atoms with Gasteiger partial charge in [0.2, 0.25) is 0 Å². The van der Waals surface area contributed by atoms with Gasteiger partial charge in [0.25, 0.3) is 5.91 Å². The number of hydrogen-bond donors (Lipinski definition) is 2. The number of benzene rings is 1. The normalized spacial score (nSPS) is 28.0. The Morgan fingerprint density at radius 2 is 1.90 bits per heavy atom. The number of fused-ring (bicyclic) bond motifs is 3. The Kier molecular flexibility index (Phi) is 3.00.